The van der Waals surface area contributed by atoms with E-state index in [1.54, 1.807) is 0 Å². The summed E-state index contributed by atoms with van der Waals surface area (Å²) in [5, 5.41) is 92.2. The number of fused-ring (bicyclic) bond motifs is 1. The Morgan fingerprint density at radius 2 is 1.37 bits per heavy atom. The van der Waals surface area contributed by atoms with Gasteiger partial charge in [0, 0.05) is 29.8 Å². The van der Waals surface area contributed by atoms with E-state index in [0.29, 0.717) is 5.56 Å². The van der Waals surface area contributed by atoms with Crippen LogP contribution in [-0.2, 0) is 33.3 Å². The van der Waals surface area contributed by atoms with Gasteiger partial charge in [-0.1, -0.05) is 6.07 Å². The quantitative estimate of drug-likeness (QED) is 0.0714. The summed E-state index contributed by atoms with van der Waals surface area (Å²) in [4.78, 5) is 49.6. The molecule has 1 aromatic heterocycles. The van der Waals surface area contributed by atoms with E-state index in [9.17, 15) is 65.1 Å². The van der Waals surface area contributed by atoms with E-state index in [4.69, 9.17) is 32.8 Å². The van der Waals surface area contributed by atoms with Crippen LogP contribution in [0.25, 0.3) is 28.4 Å². The number of ether oxygens (including phenoxy) is 6. The topological polar surface area (TPSA) is 319 Å². The molecule has 2 aliphatic heterocycles. The van der Waals surface area contributed by atoms with Crippen molar-refractivity contribution in [3.63, 3.8) is 0 Å². The molecular weight excluding hydrogens is 764 g/mol. The smallest absolute Gasteiger partial charge is 0.335 e. The highest BCUT2D eigenvalue weighted by molar-refractivity contribution is 5.87. The van der Waals surface area contributed by atoms with Crippen molar-refractivity contribution in [1.29, 1.82) is 0 Å². The lowest BCUT2D eigenvalue weighted by atomic mass is 9.96. The van der Waals surface area contributed by atoms with Gasteiger partial charge in [-0.15, -0.1) is 0 Å². The normalized spacial score (nSPS) is 27.5. The van der Waals surface area contributed by atoms with E-state index < -0.39 is 90.5 Å². The maximum atomic E-state index is 12.9. The zero-order valence-corrected chi connectivity index (χ0v) is 29.2. The summed E-state index contributed by atoms with van der Waals surface area (Å²) < 4.78 is 38.4. The lowest BCUT2D eigenvalue weighted by molar-refractivity contribution is -0.350. The average molecular weight is 799 g/mol. The van der Waals surface area contributed by atoms with Crippen LogP contribution in [0.15, 0.2) is 76.0 Å². The first-order valence-electron chi connectivity index (χ1n) is 16.7. The first-order valence-corrected chi connectivity index (χ1v) is 16.7. The predicted octanol–water partition coefficient (Wildman–Crippen LogP) is 0.0372. The predicted molar refractivity (Wildman–Crippen MR) is 187 cm³/mol. The number of carbonyl (C=O) groups excluding carboxylic acids is 1. The molecular formula is C37H34O20. The average Bonchev–Trinajstić information content (AvgIpc) is 3.16. The molecule has 3 heterocycles. The van der Waals surface area contributed by atoms with E-state index in [-0.39, 0.29) is 45.3 Å². The Labute approximate surface area is 319 Å². The minimum atomic E-state index is -2.19. The second-order valence-corrected chi connectivity index (χ2v) is 12.7. The molecule has 0 unspecified atom stereocenters. The van der Waals surface area contributed by atoms with Crippen molar-refractivity contribution in [3.8, 4) is 40.1 Å². The Balaban J connectivity index is 1.27. The van der Waals surface area contributed by atoms with Crippen molar-refractivity contribution in [2.45, 2.75) is 61.4 Å². The van der Waals surface area contributed by atoms with Crippen LogP contribution in [0.5, 0.6) is 28.7 Å². The molecule has 0 spiro atoms. The number of hydrogen-bond acceptors (Lipinski definition) is 18. The van der Waals surface area contributed by atoms with Gasteiger partial charge in [-0.3, -0.25) is 4.79 Å². The highest BCUT2D eigenvalue weighted by Gasteiger charge is 2.55. The number of aliphatic carboxylic acids is 2. The van der Waals surface area contributed by atoms with Gasteiger partial charge in [0.2, 0.25) is 6.29 Å². The molecule has 2 saturated heterocycles. The van der Waals surface area contributed by atoms with Gasteiger partial charge in [-0.25, -0.2) is 14.4 Å². The van der Waals surface area contributed by atoms with Crippen molar-refractivity contribution in [1.82, 2.24) is 0 Å². The van der Waals surface area contributed by atoms with E-state index in [1.165, 1.54) is 55.7 Å². The number of rotatable bonds is 11. The summed E-state index contributed by atoms with van der Waals surface area (Å²) in [5.74, 6) is -5.75. The minimum absolute atomic E-state index is 0.00469. The number of carboxylic acids is 2. The second kappa shape index (κ2) is 16.5. The lowest BCUT2D eigenvalue weighted by Crippen LogP contribution is -2.66. The number of carboxylic acid groups (broad SMARTS) is 2. The van der Waals surface area contributed by atoms with Gasteiger partial charge in [0.25, 0.3) is 0 Å². The van der Waals surface area contributed by atoms with Crippen LogP contribution in [0.1, 0.15) is 5.56 Å². The molecule has 0 amide bonds. The molecule has 0 saturated carbocycles. The van der Waals surface area contributed by atoms with Gasteiger partial charge in [-0.2, -0.15) is 0 Å². The number of esters is 1. The molecule has 302 valence electrons. The number of phenolic OH excluding ortho intramolecular Hbond substituents is 3. The van der Waals surface area contributed by atoms with Gasteiger partial charge in [-0.05, 0) is 48.0 Å². The zero-order chi connectivity index (χ0) is 41.3. The minimum Gasteiger partial charge on any atom is -0.508 e. The van der Waals surface area contributed by atoms with Crippen molar-refractivity contribution in [2.24, 2.45) is 0 Å². The van der Waals surface area contributed by atoms with Gasteiger partial charge in [0.05, 0.1) is 7.11 Å². The summed E-state index contributed by atoms with van der Waals surface area (Å²) in [5.41, 5.74) is -0.117. The Morgan fingerprint density at radius 1 is 0.737 bits per heavy atom. The molecule has 3 aromatic carbocycles. The van der Waals surface area contributed by atoms with Crippen molar-refractivity contribution in [2.75, 3.05) is 7.11 Å². The molecule has 2 fully saturated rings. The number of methoxy groups -OCH3 is 1. The maximum absolute atomic E-state index is 12.9. The van der Waals surface area contributed by atoms with Crippen LogP contribution in [0, 0.1) is 0 Å². The number of carbonyl (C=O) groups is 3. The summed E-state index contributed by atoms with van der Waals surface area (Å²) in [6.45, 7) is 0. The number of benzene rings is 3. The monoisotopic (exact) mass is 798 g/mol. The molecule has 0 bridgehead atoms. The van der Waals surface area contributed by atoms with Gasteiger partial charge in [0.1, 0.15) is 58.4 Å². The standard InChI is InChI=1S/C37H34O20/c1-51-22-10-14(2-8-18(22)39)3-9-24(42)54-32-28(45)26(43)31(35(49)50)56-37(32)57-33-29(46)27(44)30(34(47)48)55-36(33)52-17-6-4-15(5-7-17)21-13-20(41)25-19(40)11-16(38)12-23(25)53-21/h2-13,26-33,36-40,43-46H,1H3,(H,47,48)(H,49,50)/b9-3-/t26-,27-,28-,29-,30-,31-,32+,33+,36+,37-/m0/s1. The highest BCUT2D eigenvalue weighted by Crippen LogP contribution is 2.34. The number of phenols is 3. The van der Waals surface area contributed by atoms with E-state index in [2.05, 4.69) is 0 Å². The molecule has 6 rings (SSSR count). The fourth-order valence-corrected chi connectivity index (χ4v) is 6.08. The fraction of sp³-hybridized carbons (Fsp3) is 0.297. The molecule has 4 aromatic rings. The van der Waals surface area contributed by atoms with Crippen LogP contribution < -0.4 is 14.9 Å². The van der Waals surface area contributed by atoms with Crippen LogP contribution >= 0.6 is 0 Å². The molecule has 57 heavy (non-hydrogen) atoms. The third-order valence-electron chi connectivity index (χ3n) is 8.92. The van der Waals surface area contributed by atoms with Crippen molar-refractivity contribution in [3.05, 3.63) is 82.5 Å². The lowest BCUT2D eigenvalue weighted by Gasteiger charge is -2.45. The number of aliphatic hydroxyl groups is 4. The molecule has 0 radical (unpaired) electrons. The van der Waals surface area contributed by atoms with E-state index >= 15 is 0 Å². The van der Waals surface area contributed by atoms with Crippen LogP contribution in [0.3, 0.4) is 0 Å². The van der Waals surface area contributed by atoms with E-state index in [1.807, 2.05) is 0 Å². The van der Waals surface area contributed by atoms with Crippen LogP contribution in [0.4, 0.5) is 0 Å². The number of aromatic hydroxyl groups is 3. The fourth-order valence-electron chi connectivity index (χ4n) is 6.08. The van der Waals surface area contributed by atoms with Gasteiger partial charge < -0.3 is 78.8 Å². The highest BCUT2D eigenvalue weighted by atomic mass is 16.8. The van der Waals surface area contributed by atoms with E-state index in [0.717, 1.165) is 24.3 Å². The molecule has 0 aliphatic carbocycles. The van der Waals surface area contributed by atoms with Crippen LogP contribution in [0.2, 0.25) is 0 Å². The second-order valence-electron chi connectivity index (χ2n) is 12.7. The van der Waals surface area contributed by atoms with Crippen molar-refractivity contribution < 1.29 is 93.2 Å². The first-order chi connectivity index (χ1) is 27.1. The summed E-state index contributed by atoms with van der Waals surface area (Å²) in [7, 11) is 1.30. The molecule has 9 N–H and O–H groups in total. The Bertz CT molecular complexity index is 2230. The SMILES string of the molecule is COc1cc(/C=C\C(=O)O[C@H]2[C@H](O[C@H]3[C@H](Oc4ccc(-c5cc(=O)c6c(O)cc(O)cc6o5)cc4)O[C@H](C(=O)O)[C@@H](O)[C@@H]3O)O[C@H](C(=O)O)[C@@H](O)[C@@H]2O)ccc1O. The largest absolute Gasteiger partial charge is 0.508 e. The van der Waals surface area contributed by atoms with Crippen molar-refractivity contribution >= 4 is 35.0 Å². The summed E-state index contributed by atoms with van der Waals surface area (Å²) in [6, 6.07) is 12.6. The zero-order valence-electron chi connectivity index (χ0n) is 29.2. The van der Waals surface area contributed by atoms with Gasteiger partial charge in [0.15, 0.2) is 47.6 Å². The third kappa shape index (κ3) is 8.46. The Hall–Kier alpha value is -6.26. The summed E-state index contributed by atoms with van der Waals surface area (Å²) in [6.07, 6.45) is -19.0. The molecule has 20 nitrogen and oxygen atoms in total. The Kier molecular flexibility index (Phi) is 11.7. The third-order valence-corrected chi connectivity index (χ3v) is 8.92. The van der Waals surface area contributed by atoms with Gasteiger partial charge >= 0.3 is 17.9 Å². The molecule has 10 atom stereocenters. The molecule has 20 heteroatoms. The van der Waals surface area contributed by atoms with Crippen LogP contribution in [-0.4, -0.2) is 132 Å². The molecule has 2 aliphatic rings. The summed E-state index contributed by atoms with van der Waals surface area (Å²) >= 11 is 0. The Morgan fingerprint density at radius 3 is 2.00 bits per heavy atom. The number of aliphatic hydroxyl groups excluding tert-OH is 4. The first kappa shape index (κ1) is 40.4. The number of hydrogen-bond donors (Lipinski definition) is 9. The maximum Gasteiger partial charge on any atom is 0.335 e.